The lowest BCUT2D eigenvalue weighted by molar-refractivity contribution is 0.00534. The number of nitrogens with one attached hydrogen (secondary N) is 2. The van der Waals surface area contributed by atoms with Crippen LogP contribution in [0.3, 0.4) is 0 Å². The Hall–Kier alpha value is -1.71. The summed E-state index contributed by atoms with van der Waals surface area (Å²) in [6, 6.07) is 17.3. The Bertz CT molecular complexity index is 780. The maximum atomic E-state index is 13.0. The summed E-state index contributed by atoms with van der Waals surface area (Å²) in [5.74, 6) is 0.588. The summed E-state index contributed by atoms with van der Waals surface area (Å²) >= 11 is 0. The molecule has 1 fully saturated rings. The van der Waals surface area contributed by atoms with Crippen molar-refractivity contribution in [2.24, 2.45) is 4.99 Å². The Morgan fingerprint density at radius 1 is 1.00 bits per heavy atom. The summed E-state index contributed by atoms with van der Waals surface area (Å²) in [5.41, 5.74) is 2.49. The van der Waals surface area contributed by atoms with E-state index in [4.69, 9.17) is 4.74 Å². The molecular formula is C25H36FIN4O. The van der Waals surface area contributed by atoms with Gasteiger partial charge in [0, 0.05) is 46.4 Å². The molecule has 2 aromatic rings. The number of likely N-dealkylation sites (tertiary alicyclic amines) is 1. The van der Waals surface area contributed by atoms with Crippen LogP contribution in [0.5, 0.6) is 0 Å². The number of nitrogens with zero attached hydrogens (tertiary/aromatic N) is 2. The van der Waals surface area contributed by atoms with Crippen molar-refractivity contribution in [1.29, 1.82) is 0 Å². The topological polar surface area (TPSA) is 48.9 Å². The quantitative estimate of drug-likeness (QED) is 0.200. The molecule has 3 rings (SSSR count). The van der Waals surface area contributed by atoms with Gasteiger partial charge < -0.3 is 15.4 Å². The van der Waals surface area contributed by atoms with E-state index in [1.807, 2.05) is 12.1 Å². The zero-order valence-electron chi connectivity index (χ0n) is 18.9. The van der Waals surface area contributed by atoms with E-state index in [1.54, 1.807) is 7.05 Å². The molecule has 0 aromatic heterocycles. The third-order valence-corrected chi connectivity index (χ3v) is 5.59. The Balaban J connectivity index is 0.00000363. The number of aliphatic imine (C=N–C) groups is 1. The molecule has 1 aliphatic rings. The van der Waals surface area contributed by atoms with Gasteiger partial charge in [-0.05, 0) is 48.9 Å². The molecule has 0 saturated carbocycles. The van der Waals surface area contributed by atoms with E-state index in [0.29, 0.717) is 6.10 Å². The fraction of sp³-hybridized carbons (Fsp3) is 0.480. The highest BCUT2D eigenvalue weighted by Gasteiger charge is 2.19. The van der Waals surface area contributed by atoms with Gasteiger partial charge in [-0.3, -0.25) is 9.89 Å². The summed E-state index contributed by atoms with van der Waals surface area (Å²) in [6.07, 6.45) is 4.36. The van der Waals surface area contributed by atoms with Gasteiger partial charge in [0.15, 0.2) is 5.96 Å². The van der Waals surface area contributed by atoms with Crippen molar-refractivity contribution in [3.63, 3.8) is 0 Å². The Morgan fingerprint density at radius 2 is 1.69 bits per heavy atom. The van der Waals surface area contributed by atoms with Crippen molar-refractivity contribution < 1.29 is 9.13 Å². The van der Waals surface area contributed by atoms with Crippen molar-refractivity contribution in [2.75, 3.05) is 39.8 Å². The van der Waals surface area contributed by atoms with Gasteiger partial charge in [0.2, 0.25) is 0 Å². The van der Waals surface area contributed by atoms with Crippen LogP contribution in [-0.4, -0.2) is 56.8 Å². The maximum absolute atomic E-state index is 13.0. The van der Waals surface area contributed by atoms with E-state index < -0.39 is 0 Å². The summed E-state index contributed by atoms with van der Waals surface area (Å²) in [4.78, 5) is 6.76. The zero-order valence-corrected chi connectivity index (χ0v) is 21.3. The van der Waals surface area contributed by atoms with E-state index in [0.717, 1.165) is 76.5 Å². The van der Waals surface area contributed by atoms with Crippen molar-refractivity contribution in [3.05, 3.63) is 71.5 Å². The van der Waals surface area contributed by atoms with Gasteiger partial charge >= 0.3 is 0 Å². The molecule has 1 aliphatic heterocycles. The summed E-state index contributed by atoms with van der Waals surface area (Å²) < 4.78 is 19.0. The third kappa shape index (κ3) is 9.83. The predicted molar refractivity (Wildman–Crippen MR) is 140 cm³/mol. The molecule has 0 atom stereocenters. The minimum atomic E-state index is -0.200. The van der Waals surface area contributed by atoms with Crippen LogP contribution in [-0.2, 0) is 17.7 Å². The average Bonchev–Trinajstić information content (AvgIpc) is 2.80. The number of halogens is 2. The van der Waals surface area contributed by atoms with Crippen LogP contribution in [0, 0.1) is 5.82 Å². The highest BCUT2D eigenvalue weighted by atomic mass is 127. The lowest BCUT2D eigenvalue weighted by Crippen LogP contribution is -2.39. The average molecular weight is 554 g/mol. The third-order valence-electron chi connectivity index (χ3n) is 5.59. The number of benzene rings is 2. The highest BCUT2D eigenvalue weighted by molar-refractivity contribution is 14.0. The van der Waals surface area contributed by atoms with Gasteiger partial charge in [-0.2, -0.15) is 0 Å². The Kier molecular flexibility index (Phi) is 12.6. The molecule has 0 amide bonds. The van der Waals surface area contributed by atoms with Crippen LogP contribution >= 0.6 is 24.0 Å². The molecule has 0 bridgehead atoms. The summed E-state index contributed by atoms with van der Waals surface area (Å²) in [7, 11) is 1.77. The van der Waals surface area contributed by atoms with Crippen molar-refractivity contribution in [2.45, 2.75) is 38.3 Å². The number of hydrogen-bond acceptors (Lipinski definition) is 3. The van der Waals surface area contributed by atoms with Crippen LogP contribution in [0.25, 0.3) is 0 Å². The standard InChI is InChI=1S/C25H35FN4O.HI/c1-27-25(29-16-12-21-8-10-23(26)11-9-21)28-15-5-19-31-24-13-17-30(18-14-24)20-22-6-3-2-4-7-22;/h2-4,6-11,24H,5,12-20H2,1H3,(H2,27,28,29);1H. The SMILES string of the molecule is CN=C(NCCCOC1CCN(Cc2ccccc2)CC1)NCCc1ccc(F)cc1.I. The molecule has 176 valence electrons. The summed E-state index contributed by atoms with van der Waals surface area (Å²) in [5, 5.41) is 6.62. The van der Waals surface area contributed by atoms with Crippen LogP contribution in [0.15, 0.2) is 59.6 Å². The smallest absolute Gasteiger partial charge is 0.190 e. The molecular weight excluding hydrogens is 518 g/mol. The van der Waals surface area contributed by atoms with E-state index >= 15 is 0 Å². The first kappa shape index (κ1) is 26.5. The highest BCUT2D eigenvalue weighted by Crippen LogP contribution is 2.16. The van der Waals surface area contributed by atoms with Gasteiger partial charge in [-0.1, -0.05) is 42.5 Å². The molecule has 2 N–H and O–H groups in total. The first-order chi connectivity index (χ1) is 15.2. The molecule has 2 aromatic carbocycles. The Morgan fingerprint density at radius 3 is 2.38 bits per heavy atom. The molecule has 32 heavy (non-hydrogen) atoms. The van der Waals surface area contributed by atoms with Crippen LogP contribution in [0.2, 0.25) is 0 Å². The van der Waals surface area contributed by atoms with Crippen LogP contribution in [0.1, 0.15) is 30.4 Å². The molecule has 1 saturated heterocycles. The maximum Gasteiger partial charge on any atom is 0.190 e. The lowest BCUT2D eigenvalue weighted by atomic mass is 10.1. The fourth-order valence-corrected chi connectivity index (χ4v) is 3.80. The molecule has 0 spiro atoms. The zero-order chi connectivity index (χ0) is 21.7. The van der Waals surface area contributed by atoms with Gasteiger partial charge in [-0.15, -0.1) is 24.0 Å². The second kappa shape index (κ2) is 15.2. The lowest BCUT2D eigenvalue weighted by Gasteiger charge is -2.32. The first-order valence-electron chi connectivity index (χ1n) is 11.3. The second-order valence-corrected chi connectivity index (χ2v) is 7.99. The van der Waals surface area contributed by atoms with Gasteiger partial charge in [0.25, 0.3) is 0 Å². The minimum absolute atomic E-state index is 0. The fourth-order valence-electron chi connectivity index (χ4n) is 3.80. The Labute approximate surface area is 208 Å². The summed E-state index contributed by atoms with van der Waals surface area (Å²) in [6.45, 7) is 5.57. The minimum Gasteiger partial charge on any atom is -0.378 e. The predicted octanol–water partition coefficient (Wildman–Crippen LogP) is 4.22. The molecule has 0 aliphatic carbocycles. The van der Waals surface area contributed by atoms with Gasteiger partial charge in [0.1, 0.15) is 5.82 Å². The van der Waals surface area contributed by atoms with E-state index in [9.17, 15) is 4.39 Å². The van der Waals surface area contributed by atoms with Gasteiger partial charge in [0.05, 0.1) is 6.10 Å². The first-order valence-corrected chi connectivity index (χ1v) is 11.3. The molecule has 1 heterocycles. The molecule has 0 radical (unpaired) electrons. The number of hydrogen-bond donors (Lipinski definition) is 2. The number of ether oxygens (including phenoxy) is 1. The van der Waals surface area contributed by atoms with Crippen molar-refractivity contribution in [1.82, 2.24) is 15.5 Å². The number of rotatable bonds is 10. The van der Waals surface area contributed by atoms with Crippen molar-refractivity contribution in [3.8, 4) is 0 Å². The molecule has 5 nitrogen and oxygen atoms in total. The van der Waals surface area contributed by atoms with Crippen molar-refractivity contribution >= 4 is 29.9 Å². The molecule has 7 heteroatoms. The monoisotopic (exact) mass is 554 g/mol. The second-order valence-electron chi connectivity index (χ2n) is 7.99. The van der Waals surface area contributed by atoms with E-state index in [2.05, 4.69) is 50.9 Å². The van der Waals surface area contributed by atoms with Crippen LogP contribution < -0.4 is 10.6 Å². The largest absolute Gasteiger partial charge is 0.378 e. The van der Waals surface area contributed by atoms with Gasteiger partial charge in [-0.25, -0.2) is 4.39 Å². The van der Waals surface area contributed by atoms with E-state index in [1.165, 1.54) is 17.7 Å². The number of piperidine rings is 1. The molecule has 0 unspecified atom stereocenters. The van der Waals surface area contributed by atoms with Crippen LogP contribution in [0.4, 0.5) is 4.39 Å². The number of guanidine groups is 1. The van der Waals surface area contributed by atoms with E-state index in [-0.39, 0.29) is 29.8 Å². The normalized spacial score (nSPS) is 15.2.